The van der Waals surface area contributed by atoms with E-state index in [1.54, 1.807) is 6.07 Å². The largest absolute Gasteiger partial charge is 0.493 e. The van der Waals surface area contributed by atoms with Crippen molar-refractivity contribution in [1.29, 1.82) is 0 Å². The summed E-state index contributed by atoms with van der Waals surface area (Å²) < 4.78 is 45.3. The third-order valence-corrected chi connectivity index (χ3v) is 4.04. The first-order valence-electron chi connectivity index (χ1n) is 7.59. The van der Waals surface area contributed by atoms with Crippen LogP contribution >= 0.6 is 0 Å². The van der Waals surface area contributed by atoms with Crippen molar-refractivity contribution in [3.8, 4) is 5.75 Å². The van der Waals surface area contributed by atoms with Crippen molar-refractivity contribution in [2.45, 2.75) is 44.1 Å². The number of nitrogens with two attached hydrogens (primary N) is 1. The molecule has 2 rings (SSSR count). The van der Waals surface area contributed by atoms with E-state index >= 15 is 0 Å². The summed E-state index contributed by atoms with van der Waals surface area (Å²) in [6, 6.07) is 4.05. The zero-order valence-electron chi connectivity index (χ0n) is 12.4. The molecule has 1 aromatic carbocycles. The van der Waals surface area contributed by atoms with Gasteiger partial charge < -0.3 is 15.6 Å². The molecule has 124 valence electrons. The maximum Gasteiger partial charge on any atom is 0.248 e. The highest BCUT2D eigenvalue weighted by Gasteiger charge is 2.35. The van der Waals surface area contributed by atoms with Crippen molar-refractivity contribution in [3.05, 3.63) is 29.6 Å². The normalized spacial score (nSPS) is 19.9. The summed E-state index contributed by atoms with van der Waals surface area (Å²) in [5.74, 6) is -2.70. The highest BCUT2D eigenvalue weighted by Crippen LogP contribution is 2.36. The van der Waals surface area contributed by atoms with Gasteiger partial charge in [-0.3, -0.25) is 0 Å². The molecule has 0 aromatic heterocycles. The third-order valence-electron chi connectivity index (χ3n) is 4.04. The monoisotopic (exact) mass is 317 g/mol. The van der Waals surface area contributed by atoms with Gasteiger partial charge in [0.25, 0.3) is 0 Å². The van der Waals surface area contributed by atoms with E-state index in [-0.39, 0.29) is 25.4 Å². The van der Waals surface area contributed by atoms with Crippen LogP contribution in [0.4, 0.5) is 13.2 Å². The topological polar surface area (TPSA) is 55.5 Å². The summed E-state index contributed by atoms with van der Waals surface area (Å²) in [5, 5.41) is 9.86. The van der Waals surface area contributed by atoms with E-state index in [1.807, 2.05) is 0 Å². The second kappa shape index (κ2) is 7.33. The molecule has 0 spiro atoms. The van der Waals surface area contributed by atoms with Gasteiger partial charge in [-0.2, -0.15) is 0 Å². The zero-order chi connectivity index (χ0) is 16.2. The molecular weight excluding hydrogens is 295 g/mol. The Bertz CT molecular complexity index is 486. The molecule has 0 bridgehead atoms. The fourth-order valence-electron chi connectivity index (χ4n) is 2.67. The minimum Gasteiger partial charge on any atom is -0.493 e. The van der Waals surface area contributed by atoms with Gasteiger partial charge in [0.05, 0.1) is 12.7 Å². The van der Waals surface area contributed by atoms with E-state index in [0.29, 0.717) is 37.1 Å². The average Bonchev–Trinajstić information content (AvgIpc) is 2.46. The van der Waals surface area contributed by atoms with Crippen LogP contribution in [-0.2, 0) is 0 Å². The summed E-state index contributed by atoms with van der Waals surface area (Å²) in [6.07, 6.45) is 0.0719. The minimum absolute atomic E-state index is 0.0558. The first-order chi connectivity index (χ1) is 10.4. The lowest BCUT2D eigenvalue weighted by molar-refractivity contribution is -0.0498. The van der Waals surface area contributed by atoms with E-state index in [4.69, 9.17) is 10.5 Å². The summed E-state index contributed by atoms with van der Waals surface area (Å²) >= 11 is 0. The zero-order valence-corrected chi connectivity index (χ0v) is 12.4. The predicted molar refractivity (Wildman–Crippen MR) is 77.4 cm³/mol. The molecule has 1 aromatic rings. The van der Waals surface area contributed by atoms with Crippen molar-refractivity contribution < 1.29 is 23.0 Å². The Morgan fingerprint density at radius 1 is 1.27 bits per heavy atom. The van der Waals surface area contributed by atoms with Gasteiger partial charge in [-0.25, -0.2) is 13.2 Å². The molecule has 0 aliphatic heterocycles. The standard InChI is InChI=1S/C16H22F3NO2/c17-13-7-12(15(21)3-6-20)8-14(9-13)22-10-11-1-4-16(18,19)5-2-11/h7-9,11,15,21H,1-6,10,20H2. The first kappa shape index (κ1) is 17.1. The fourth-order valence-corrected chi connectivity index (χ4v) is 2.67. The van der Waals surface area contributed by atoms with Crippen LogP contribution in [-0.4, -0.2) is 24.2 Å². The van der Waals surface area contributed by atoms with Crippen LogP contribution in [0.1, 0.15) is 43.8 Å². The van der Waals surface area contributed by atoms with Crippen LogP contribution in [0.3, 0.4) is 0 Å². The summed E-state index contributed by atoms with van der Waals surface area (Å²) in [7, 11) is 0. The van der Waals surface area contributed by atoms with Crippen LogP contribution in [0.5, 0.6) is 5.75 Å². The van der Waals surface area contributed by atoms with Crippen molar-refractivity contribution in [2.24, 2.45) is 11.7 Å². The number of rotatable bonds is 6. The highest BCUT2D eigenvalue weighted by atomic mass is 19.3. The number of benzene rings is 1. The molecule has 0 heterocycles. The fraction of sp³-hybridized carbons (Fsp3) is 0.625. The van der Waals surface area contributed by atoms with Gasteiger partial charge in [0.1, 0.15) is 11.6 Å². The van der Waals surface area contributed by atoms with Gasteiger partial charge in [0.15, 0.2) is 0 Å². The van der Waals surface area contributed by atoms with Gasteiger partial charge in [-0.15, -0.1) is 0 Å². The van der Waals surface area contributed by atoms with Crippen molar-refractivity contribution >= 4 is 0 Å². The van der Waals surface area contributed by atoms with Crippen LogP contribution in [0.25, 0.3) is 0 Å². The summed E-state index contributed by atoms with van der Waals surface area (Å²) in [4.78, 5) is 0. The Hall–Kier alpha value is -1.27. The molecule has 22 heavy (non-hydrogen) atoms. The van der Waals surface area contributed by atoms with Crippen molar-refractivity contribution in [3.63, 3.8) is 0 Å². The summed E-state index contributed by atoms with van der Waals surface area (Å²) in [6.45, 7) is 0.579. The molecule has 1 unspecified atom stereocenters. The van der Waals surface area contributed by atoms with Gasteiger partial charge in [0, 0.05) is 18.9 Å². The molecule has 0 saturated heterocycles. The smallest absolute Gasteiger partial charge is 0.248 e. The van der Waals surface area contributed by atoms with Crippen LogP contribution in [0.2, 0.25) is 0 Å². The third kappa shape index (κ3) is 4.88. The minimum atomic E-state index is -2.56. The Morgan fingerprint density at radius 3 is 2.59 bits per heavy atom. The molecule has 1 aliphatic rings. The number of hydrogen-bond acceptors (Lipinski definition) is 3. The molecule has 1 atom stereocenters. The number of ether oxygens (including phenoxy) is 1. The Kier molecular flexibility index (Phi) is 5.69. The lowest BCUT2D eigenvalue weighted by atomic mass is 9.87. The average molecular weight is 317 g/mol. The Morgan fingerprint density at radius 2 is 1.95 bits per heavy atom. The second-order valence-electron chi connectivity index (χ2n) is 5.92. The Balaban J connectivity index is 1.92. The predicted octanol–water partition coefficient (Wildman–Crippen LogP) is 3.41. The number of hydrogen-bond donors (Lipinski definition) is 2. The molecule has 6 heteroatoms. The van der Waals surface area contributed by atoms with Crippen LogP contribution in [0.15, 0.2) is 18.2 Å². The van der Waals surface area contributed by atoms with E-state index in [9.17, 15) is 18.3 Å². The molecule has 1 saturated carbocycles. The quantitative estimate of drug-likeness (QED) is 0.845. The van der Waals surface area contributed by atoms with Crippen LogP contribution < -0.4 is 10.5 Å². The van der Waals surface area contributed by atoms with E-state index in [0.717, 1.165) is 0 Å². The van der Waals surface area contributed by atoms with Crippen molar-refractivity contribution in [2.75, 3.05) is 13.2 Å². The Labute approximate surface area is 128 Å². The molecule has 1 fully saturated rings. The molecular formula is C16H22F3NO2. The maximum absolute atomic E-state index is 13.6. The van der Waals surface area contributed by atoms with Gasteiger partial charge in [0.2, 0.25) is 5.92 Å². The number of aliphatic hydroxyl groups is 1. The molecule has 0 radical (unpaired) electrons. The SMILES string of the molecule is NCCC(O)c1cc(F)cc(OCC2CCC(F)(F)CC2)c1. The van der Waals surface area contributed by atoms with Crippen LogP contribution in [0, 0.1) is 11.7 Å². The second-order valence-corrected chi connectivity index (χ2v) is 5.92. The highest BCUT2D eigenvalue weighted by molar-refractivity contribution is 5.31. The summed E-state index contributed by atoms with van der Waals surface area (Å²) in [5.41, 5.74) is 5.79. The van der Waals surface area contributed by atoms with E-state index < -0.39 is 17.8 Å². The molecule has 0 amide bonds. The van der Waals surface area contributed by atoms with Crippen molar-refractivity contribution in [1.82, 2.24) is 0 Å². The van der Waals surface area contributed by atoms with E-state index in [1.165, 1.54) is 12.1 Å². The first-order valence-corrected chi connectivity index (χ1v) is 7.59. The molecule has 1 aliphatic carbocycles. The number of aliphatic hydroxyl groups excluding tert-OH is 1. The van der Waals surface area contributed by atoms with Gasteiger partial charge in [-0.05, 0) is 49.4 Å². The van der Waals surface area contributed by atoms with E-state index in [2.05, 4.69) is 0 Å². The van der Waals surface area contributed by atoms with Gasteiger partial charge >= 0.3 is 0 Å². The number of halogens is 3. The lowest BCUT2D eigenvalue weighted by Gasteiger charge is -2.28. The van der Waals surface area contributed by atoms with Gasteiger partial charge in [-0.1, -0.05) is 0 Å². The maximum atomic E-state index is 13.6. The number of alkyl halides is 2. The lowest BCUT2D eigenvalue weighted by Crippen LogP contribution is -2.27. The molecule has 3 nitrogen and oxygen atoms in total. The molecule has 3 N–H and O–H groups in total.